The SMILES string of the molecule is O=C(O)c1cc(O)c(O)c(O)n1. The standard InChI is InChI=1S/C6H5NO5/c8-3-1-2(6(11)12)7-5(10)4(3)9/h1,9H,(H,11,12)(H2,7,8,10). The van der Waals surface area contributed by atoms with E-state index in [0.717, 1.165) is 6.07 Å². The van der Waals surface area contributed by atoms with Gasteiger partial charge in [0.2, 0.25) is 5.75 Å². The first-order chi connectivity index (χ1) is 5.52. The average molecular weight is 171 g/mol. The van der Waals surface area contributed by atoms with E-state index in [9.17, 15) is 4.79 Å². The van der Waals surface area contributed by atoms with E-state index < -0.39 is 29.0 Å². The number of hydrogen-bond donors (Lipinski definition) is 4. The van der Waals surface area contributed by atoms with Crippen molar-refractivity contribution in [2.75, 3.05) is 0 Å². The third-order valence-corrected chi connectivity index (χ3v) is 1.17. The number of aromatic hydroxyl groups is 3. The number of carboxylic acids is 1. The van der Waals surface area contributed by atoms with Gasteiger partial charge in [-0.15, -0.1) is 0 Å². The van der Waals surface area contributed by atoms with Crippen molar-refractivity contribution >= 4 is 5.97 Å². The first-order valence-corrected chi connectivity index (χ1v) is 2.87. The fourth-order valence-electron chi connectivity index (χ4n) is 0.621. The van der Waals surface area contributed by atoms with E-state index >= 15 is 0 Å². The van der Waals surface area contributed by atoms with Gasteiger partial charge in [-0.25, -0.2) is 9.78 Å². The Morgan fingerprint density at radius 2 is 1.92 bits per heavy atom. The molecule has 0 saturated carbocycles. The van der Waals surface area contributed by atoms with Crippen molar-refractivity contribution in [3.8, 4) is 17.4 Å². The predicted octanol–water partition coefficient (Wildman–Crippen LogP) is -0.103. The third-order valence-electron chi connectivity index (χ3n) is 1.17. The minimum Gasteiger partial charge on any atom is -0.504 e. The van der Waals surface area contributed by atoms with Crippen molar-refractivity contribution in [3.63, 3.8) is 0 Å². The Hall–Kier alpha value is -1.98. The van der Waals surface area contributed by atoms with Crippen LogP contribution >= 0.6 is 0 Å². The number of rotatable bonds is 1. The molecular weight excluding hydrogens is 166 g/mol. The zero-order chi connectivity index (χ0) is 9.30. The Labute approximate surface area is 66.4 Å². The maximum atomic E-state index is 10.3. The van der Waals surface area contributed by atoms with Crippen LogP contribution in [0.3, 0.4) is 0 Å². The molecule has 0 aromatic carbocycles. The number of carboxylic acid groups (broad SMARTS) is 1. The maximum Gasteiger partial charge on any atom is 0.354 e. The Balaban J connectivity index is 3.31. The summed E-state index contributed by atoms with van der Waals surface area (Å²) in [5.41, 5.74) is -0.539. The molecule has 0 atom stereocenters. The topological polar surface area (TPSA) is 111 Å². The molecule has 1 heterocycles. The van der Waals surface area contributed by atoms with Gasteiger partial charge in [0.15, 0.2) is 11.4 Å². The second kappa shape index (κ2) is 2.57. The molecule has 6 nitrogen and oxygen atoms in total. The highest BCUT2D eigenvalue weighted by Gasteiger charge is 2.13. The highest BCUT2D eigenvalue weighted by atomic mass is 16.4. The second-order valence-electron chi connectivity index (χ2n) is 2.00. The molecule has 0 unspecified atom stereocenters. The van der Waals surface area contributed by atoms with Crippen molar-refractivity contribution in [2.45, 2.75) is 0 Å². The minimum absolute atomic E-state index is 0.539. The van der Waals surface area contributed by atoms with E-state index in [1.807, 2.05) is 0 Å². The van der Waals surface area contributed by atoms with Gasteiger partial charge in [-0.2, -0.15) is 0 Å². The van der Waals surface area contributed by atoms with E-state index in [1.165, 1.54) is 0 Å². The molecule has 0 aliphatic heterocycles. The number of nitrogens with zero attached hydrogens (tertiary/aromatic N) is 1. The Bertz CT molecular complexity index is 312. The van der Waals surface area contributed by atoms with Crippen LogP contribution in [0, 0.1) is 0 Å². The second-order valence-corrected chi connectivity index (χ2v) is 2.00. The monoisotopic (exact) mass is 171 g/mol. The molecule has 12 heavy (non-hydrogen) atoms. The van der Waals surface area contributed by atoms with Crippen molar-refractivity contribution in [1.82, 2.24) is 4.98 Å². The summed E-state index contributed by atoms with van der Waals surface area (Å²) in [7, 11) is 0. The summed E-state index contributed by atoms with van der Waals surface area (Å²) in [5.74, 6) is -3.87. The van der Waals surface area contributed by atoms with E-state index in [4.69, 9.17) is 20.4 Å². The molecule has 6 heteroatoms. The molecule has 1 rings (SSSR count). The molecule has 0 aliphatic carbocycles. The highest BCUT2D eigenvalue weighted by molar-refractivity contribution is 5.86. The van der Waals surface area contributed by atoms with Crippen molar-refractivity contribution in [1.29, 1.82) is 0 Å². The molecule has 0 saturated heterocycles. The molecule has 1 aromatic heterocycles. The lowest BCUT2D eigenvalue weighted by Crippen LogP contribution is -1.99. The third kappa shape index (κ3) is 1.22. The number of hydrogen-bond acceptors (Lipinski definition) is 5. The quantitative estimate of drug-likeness (QED) is 0.469. The van der Waals surface area contributed by atoms with Gasteiger partial charge < -0.3 is 20.4 Å². The molecule has 4 N–H and O–H groups in total. The largest absolute Gasteiger partial charge is 0.504 e. The van der Waals surface area contributed by atoms with Gasteiger partial charge in [0.05, 0.1) is 0 Å². The lowest BCUT2D eigenvalue weighted by atomic mass is 10.3. The number of aromatic carboxylic acids is 1. The molecule has 0 radical (unpaired) electrons. The summed E-state index contributed by atoms with van der Waals surface area (Å²) >= 11 is 0. The fraction of sp³-hybridized carbons (Fsp3) is 0. The number of carbonyl (C=O) groups is 1. The molecular formula is C6H5NO5. The van der Waals surface area contributed by atoms with Crippen molar-refractivity contribution < 1.29 is 25.2 Å². The van der Waals surface area contributed by atoms with E-state index in [2.05, 4.69) is 4.98 Å². The summed E-state index contributed by atoms with van der Waals surface area (Å²) in [6.45, 7) is 0. The van der Waals surface area contributed by atoms with Gasteiger partial charge in [-0.3, -0.25) is 0 Å². The van der Waals surface area contributed by atoms with E-state index in [-0.39, 0.29) is 0 Å². The van der Waals surface area contributed by atoms with Crippen LogP contribution in [0.15, 0.2) is 6.07 Å². The van der Waals surface area contributed by atoms with Gasteiger partial charge in [-0.05, 0) is 0 Å². The molecule has 0 bridgehead atoms. The molecule has 0 aliphatic rings. The molecule has 0 spiro atoms. The van der Waals surface area contributed by atoms with Crippen LogP contribution in [-0.4, -0.2) is 31.4 Å². The molecule has 1 aromatic rings. The molecule has 64 valence electrons. The zero-order valence-electron chi connectivity index (χ0n) is 5.72. The highest BCUT2D eigenvalue weighted by Crippen LogP contribution is 2.32. The summed E-state index contributed by atoms with van der Waals surface area (Å²) < 4.78 is 0. The Morgan fingerprint density at radius 3 is 2.33 bits per heavy atom. The average Bonchev–Trinajstić information content (AvgIpc) is 1.99. The summed E-state index contributed by atoms with van der Waals surface area (Å²) in [6, 6.07) is 0.734. The maximum absolute atomic E-state index is 10.3. The lowest BCUT2D eigenvalue weighted by Gasteiger charge is -2.00. The summed E-state index contributed by atoms with van der Waals surface area (Å²) in [6.07, 6.45) is 0. The van der Waals surface area contributed by atoms with Crippen LogP contribution < -0.4 is 0 Å². The predicted molar refractivity (Wildman–Crippen MR) is 36.2 cm³/mol. The Morgan fingerprint density at radius 1 is 1.33 bits per heavy atom. The van der Waals surface area contributed by atoms with Gasteiger partial charge in [-0.1, -0.05) is 0 Å². The van der Waals surface area contributed by atoms with Crippen LogP contribution in [0.5, 0.6) is 17.4 Å². The zero-order valence-corrected chi connectivity index (χ0v) is 5.72. The van der Waals surface area contributed by atoms with Crippen LogP contribution in [0.1, 0.15) is 10.5 Å². The fourth-order valence-corrected chi connectivity index (χ4v) is 0.621. The number of pyridine rings is 1. The summed E-state index contributed by atoms with van der Waals surface area (Å²) in [4.78, 5) is 13.3. The molecule has 0 amide bonds. The van der Waals surface area contributed by atoms with Gasteiger partial charge >= 0.3 is 5.97 Å². The van der Waals surface area contributed by atoms with Crippen LogP contribution in [0.4, 0.5) is 0 Å². The summed E-state index contributed by atoms with van der Waals surface area (Å²) in [5, 5.41) is 34.7. The van der Waals surface area contributed by atoms with E-state index in [1.54, 1.807) is 0 Å². The van der Waals surface area contributed by atoms with Gasteiger partial charge in [0.25, 0.3) is 5.88 Å². The lowest BCUT2D eigenvalue weighted by molar-refractivity contribution is 0.0688. The van der Waals surface area contributed by atoms with Crippen LogP contribution in [-0.2, 0) is 0 Å². The van der Waals surface area contributed by atoms with Crippen LogP contribution in [0.25, 0.3) is 0 Å². The smallest absolute Gasteiger partial charge is 0.354 e. The van der Waals surface area contributed by atoms with Gasteiger partial charge in [0.1, 0.15) is 0 Å². The number of aromatic nitrogens is 1. The first-order valence-electron chi connectivity index (χ1n) is 2.87. The van der Waals surface area contributed by atoms with Crippen molar-refractivity contribution in [3.05, 3.63) is 11.8 Å². The molecule has 0 fully saturated rings. The minimum atomic E-state index is -1.40. The van der Waals surface area contributed by atoms with Gasteiger partial charge in [0, 0.05) is 6.07 Å². The van der Waals surface area contributed by atoms with E-state index in [0.29, 0.717) is 0 Å². The normalized spacial score (nSPS) is 9.67. The first kappa shape index (κ1) is 8.12. The Kier molecular flexibility index (Phi) is 1.74. The van der Waals surface area contributed by atoms with Crippen molar-refractivity contribution in [2.24, 2.45) is 0 Å². The van der Waals surface area contributed by atoms with Crippen LogP contribution in [0.2, 0.25) is 0 Å².